The van der Waals surface area contributed by atoms with Gasteiger partial charge in [-0.05, 0) is 49.1 Å². The minimum Gasteiger partial charge on any atom is -0.462 e. The number of fused-ring (bicyclic) bond motifs is 3. The molecule has 5 nitrogen and oxygen atoms in total. The number of ether oxygens (including phenoxy) is 1. The maximum atomic E-state index is 13.0. The Morgan fingerprint density at radius 3 is 2.63 bits per heavy atom. The summed E-state index contributed by atoms with van der Waals surface area (Å²) in [5.74, 6) is -0.434. The summed E-state index contributed by atoms with van der Waals surface area (Å²) in [5.41, 5.74) is 5.98. The number of nitrogens with zero attached hydrogens (tertiary/aromatic N) is 1. The van der Waals surface area contributed by atoms with E-state index >= 15 is 0 Å². The monoisotopic (exact) mass is 434 g/mol. The number of hydrogen-bond acceptors (Lipinski definition) is 4. The molecule has 0 saturated heterocycles. The highest BCUT2D eigenvalue weighted by Gasteiger charge is 2.45. The van der Waals surface area contributed by atoms with Crippen molar-refractivity contribution in [2.75, 3.05) is 6.54 Å². The normalized spacial score (nSPS) is 22.1. The molecule has 0 radical (unpaired) electrons. The van der Waals surface area contributed by atoms with Crippen LogP contribution in [0, 0.1) is 11.3 Å². The molecule has 0 bridgehead atoms. The summed E-state index contributed by atoms with van der Waals surface area (Å²) < 4.78 is 6.58. The van der Waals surface area contributed by atoms with E-state index in [0.717, 1.165) is 10.9 Å². The molecule has 0 unspecified atom stereocenters. The summed E-state index contributed by atoms with van der Waals surface area (Å²) in [6.45, 7) is 9.74. The number of hydrogen-bond donors (Lipinski definition) is 1. The molecule has 146 valence electrons. The van der Waals surface area contributed by atoms with Gasteiger partial charge in [0.25, 0.3) is 0 Å². The van der Waals surface area contributed by atoms with Crippen LogP contribution in [0.25, 0.3) is 5.57 Å². The lowest BCUT2D eigenvalue weighted by atomic mass is 9.88. The Labute approximate surface area is 169 Å². The Morgan fingerprint density at radius 2 is 2.00 bits per heavy atom. The Balaban J connectivity index is 1.93. The minimum absolute atomic E-state index is 0.0328. The van der Waals surface area contributed by atoms with Gasteiger partial charge in [-0.1, -0.05) is 48.8 Å². The predicted molar refractivity (Wildman–Crippen MR) is 109 cm³/mol. The van der Waals surface area contributed by atoms with Crippen LogP contribution in [-0.4, -0.2) is 35.6 Å². The largest absolute Gasteiger partial charge is 0.462 e. The van der Waals surface area contributed by atoms with Crippen molar-refractivity contribution >= 4 is 33.4 Å². The number of nitrogens with one attached hydrogen (secondary N) is 1. The number of benzene rings is 1. The number of carbonyl (C=O) groups excluding carboxylic acids is 2. The fourth-order valence-corrected chi connectivity index (χ4v) is 4.05. The van der Waals surface area contributed by atoms with Gasteiger partial charge in [-0.2, -0.15) is 0 Å². The number of rotatable bonds is 3. The van der Waals surface area contributed by atoms with Crippen molar-refractivity contribution in [2.45, 2.75) is 53.2 Å². The lowest BCUT2D eigenvalue weighted by Crippen LogP contribution is -2.59. The van der Waals surface area contributed by atoms with Crippen molar-refractivity contribution in [3.63, 3.8) is 0 Å². The van der Waals surface area contributed by atoms with E-state index in [-0.39, 0.29) is 23.9 Å². The second-order valence-corrected chi connectivity index (χ2v) is 9.46. The van der Waals surface area contributed by atoms with Crippen molar-refractivity contribution < 1.29 is 14.3 Å². The lowest BCUT2D eigenvalue weighted by molar-refractivity contribution is -0.158. The van der Waals surface area contributed by atoms with Crippen molar-refractivity contribution in [2.24, 2.45) is 11.3 Å². The molecule has 2 atom stereocenters. The average molecular weight is 435 g/mol. The van der Waals surface area contributed by atoms with E-state index in [0.29, 0.717) is 6.54 Å². The third-order valence-corrected chi connectivity index (χ3v) is 5.46. The molecule has 1 N–H and O–H groups in total. The molecule has 0 aromatic heterocycles. The molecule has 6 heteroatoms. The maximum Gasteiger partial charge on any atom is 0.326 e. The van der Waals surface area contributed by atoms with Crippen LogP contribution in [0.2, 0.25) is 0 Å². The second-order valence-electron chi connectivity index (χ2n) is 8.55. The molecule has 0 fully saturated rings. The van der Waals surface area contributed by atoms with Crippen LogP contribution in [0.5, 0.6) is 0 Å². The Hall–Kier alpha value is -1.66. The third kappa shape index (κ3) is 4.11. The van der Waals surface area contributed by atoms with Gasteiger partial charge in [-0.25, -0.2) is 5.01 Å². The number of carbonyl (C=O) groups is 2. The molecule has 0 saturated carbocycles. The summed E-state index contributed by atoms with van der Waals surface area (Å²) in [4.78, 5) is 25.5. The van der Waals surface area contributed by atoms with E-state index in [2.05, 4.69) is 39.6 Å². The van der Waals surface area contributed by atoms with Gasteiger partial charge < -0.3 is 4.74 Å². The van der Waals surface area contributed by atoms with Crippen LogP contribution in [0.4, 0.5) is 0 Å². The van der Waals surface area contributed by atoms with Crippen molar-refractivity contribution in [1.82, 2.24) is 10.4 Å². The summed E-state index contributed by atoms with van der Waals surface area (Å²) in [7, 11) is 0. The molecular weight excluding hydrogens is 408 g/mol. The van der Waals surface area contributed by atoms with E-state index in [9.17, 15) is 9.59 Å². The van der Waals surface area contributed by atoms with Gasteiger partial charge in [0.15, 0.2) is 0 Å². The highest BCUT2D eigenvalue weighted by molar-refractivity contribution is 9.10. The molecule has 1 aromatic rings. The van der Waals surface area contributed by atoms with Gasteiger partial charge >= 0.3 is 5.97 Å². The summed E-state index contributed by atoms with van der Waals surface area (Å²) >= 11 is 3.53. The van der Waals surface area contributed by atoms with Crippen LogP contribution >= 0.6 is 15.9 Å². The Morgan fingerprint density at radius 1 is 1.30 bits per heavy atom. The molecule has 3 rings (SSSR count). The van der Waals surface area contributed by atoms with Crippen molar-refractivity contribution in [3.8, 4) is 0 Å². The molecular formula is C21H27BrN2O3. The molecule has 1 amide bonds. The van der Waals surface area contributed by atoms with Crippen LogP contribution < -0.4 is 5.43 Å². The van der Waals surface area contributed by atoms with E-state index < -0.39 is 11.5 Å². The highest BCUT2D eigenvalue weighted by atomic mass is 79.9. The second kappa shape index (κ2) is 7.40. The van der Waals surface area contributed by atoms with Gasteiger partial charge in [0.05, 0.1) is 6.10 Å². The van der Waals surface area contributed by atoms with E-state index in [1.807, 2.05) is 40.7 Å². The number of hydrazine groups is 1. The average Bonchev–Trinajstić information content (AvgIpc) is 2.89. The Bertz CT molecular complexity index is 795. The van der Waals surface area contributed by atoms with Gasteiger partial charge in [-0.3, -0.25) is 15.0 Å². The Kier molecular flexibility index (Phi) is 5.50. The fraction of sp³-hybridized carbons (Fsp3) is 0.524. The van der Waals surface area contributed by atoms with Crippen LogP contribution in [-0.2, 0) is 20.7 Å². The van der Waals surface area contributed by atoms with Crippen LogP contribution in [0.15, 0.2) is 28.7 Å². The molecule has 2 aliphatic rings. The third-order valence-electron chi connectivity index (χ3n) is 4.96. The van der Waals surface area contributed by atoms with Gasteiger partial charge in [0.1, 0.15) is 6.04 Å². The first-order valence-electron chi connectivity index (χ1n) is 9.35. The van der Waals surface area contributed by atoms with Crippen molar-refractivity contribution in [1.29, 1.82) is 0 Å². The molecule has 1 aliphatic heterocycles. The SMILES string of the molecule is CC(C)OC(=O)[C@H]1[C@@H]2Cc3cc(Br)ccc3C2=CCN1NC(=O)C(C)(C)C. The first-order valence-corrected chi connectivity index (χ1v) is 10.1. The number of esters is 1. The van der Waals surface area contributed by atoms with Crippen LogP contribution in [0.1, 0.15) is 45.7 Å². The summed E-state index contributed by atoms with van der Waals surface area (Å²) in [5, 5.41) is 1.74. The summed E-state index contributed by atoms with van der Waals surface area (Å²) in [6.07, 6.45) is 2.66. The van der Waals surface area contributed by atoms with E-state index in [1.54, 1.807) is 5.01 Å². The van der Waals surface area contributed by atoms with Gasteiger partial charge in [0.2, 0.25) is 5.91 Å². The molecule has 1 aliphatic carbocycles. The van der Waals surface area contributed by atoms with Gasteiger partial charge in [0, 0.05) is 22.4 Å². The lowest BCUT2D eigenvalue weighted by Gasteiger charge is -2.38. The number of amides is 1. The fourth-order valence-electron chi connectivity index (χ4n) is 3.64. The molecule has 0 spiro atoms. The highest BCUT2D eigenvalue weighted by Crippen LogP contribution is 2.43. The predicted octanol–water partition coefficient (Wildman–Crippen LogP) is 3.72. The molecule has 1 aromatic carbocycles. The standard InChI is InChI=1S/C21H27BrN2O3/c1-12(2)27-19(25)18-17-11-13-10-14(22)6-7-15(13)16(17)8-9-24(18)23-20(26)21(3,4)5/h6-8,10,12,17-18H,9,11H2,1-5H3,(H,23,26)/t17-,18-/m1/s1. The van der Waals surface area contributed by atoms with E-state index in [1.165, 1.54) is 16.7 Å². The molecule has 27 heavy (non-hydrogen) atoms. The zero-order chi connectivity index (χ0) is 19.9. The smallest absolute Gasteiger partial charge is 0.326 e. The van der Waals surface area contributed by atoms with Crippen LogP contribution in [0.3, 0.4) is 0 Å². The maximum absolute atomic E-state index is 13.0. The topological polar surface area (TPSA) is 58.6 Å². The zero-order valence-electron chi connectivity index (χ0n) is 16.5. The first kappa shape index (κ1) is 20.1. The quantitative estimate of drug-likeness (QED) is 0.736. The summed E-state index contributed by atoms with van der Waals surface area (Å²) in [6, 6.07) is 5.69. The van der Waals surface area contributed by atoms with E-state index in [4.69, 9.17) is 4.74 Å². The minimum atomic E-state index is -0.542. The number of halogens is 1. The van der Waals surface area contributed by atoms with Crippen molar-refractivity contribution in [3.05, 3.63) is 39.9 Å². The first-order chi connectivity index (χ1) is 12.6. The zero-order valence-corrected chi connectivity index (χ0v) is 18.1. The van der Waals surface area contributed by atoms with Gasteiger partial charge in [-0.15, -0.1) is 0 Å². The molecule has 1 heterocycles.